The van der Waals surface area contributed by atoms with E-state index in [1.807, 2.05) is 4.90 Å². The van der Waals surface area contributed by atoms with Crippen LogP contribution in [-0.4, -0.2) is 62.5 Å². The lowest BCUT2D eigenvalue weighted by Gasteiger charge is -2.38. The summed E-state index contributed by atoms with van der Waals surface area (Å²) in [6, 6.07) is 9.64. The Kier molecular flexibility index (Phi) is 5.28. The molecule has 7 nitrogen and oxygen atoms in total. The van der Waals surface area contributed by atoms with Gasteiger partial charge in [0.05, 0.1) is 0 Å². The molecule has 2 heterocycles. The number of rotatable bonds is 5. The molecule has 1 N–H and O–H groups in total. The SMILES string of the molecule is CCN1CCN(C2=C(NS(=O)(=O)c3cccs3)C(=O)c3ccccc3C2=O)CC1. The van der Waals surface area contributed by atoms with Crippen molar-refractivity contribution < 1.29 is 18.0 Å². The Morgan fingerprint density at radius 1 is 0.966 bits per heavy atom. The van der Waals surface area contributed by atoms with Gasteiger partial charge in [-0.3, -0.25) is 14.3 Å². The van der Waals surface area contributed by atoms with Gasteiger partial charge in [-0.05, 0) is 18.0 Å². The van der Waals surface area contributed by atoms with Gasteiger partial charge in [0.1, 0.15) is 15.6 Å². The second kappa shape index (κ2) is 7.74. The minimum Gasteiger partial charge on any atom is -0.364 e. The van der Waals surface area contributed by atoms with E-state index < -0.39 is 15.8 Å². The summed E-state index contributed by atoms with van der Waals surface area (Å²) >= 11 is 1.06. The van der Waals surface area contributed by atoms with Crippen LogP contribution in [0.1, 0.15) is 27.6 Å². The van der Waals surface area contributed by atoms with Gasteiger partial charge in [0.15, 0.2) is 0 Å². The minimum atomic E-state index is -3.96. The number of sulfonamides is 1. The van der Waals surface area contributed by atoms with Crippen LogP contribution in [0.15, 0.2) is 57.4 Å². The first-order chi connectivity index (χ1) is 13.9. The number of nitrogens with one attached hydrogen (secondary N) is 1. The predicted octanol–water partition coefficient (Wildman–Crippen LogP) is 1.95. The Hall–Kier alpha value is -2.49. The summed E-state index contributed by atoms with van der Waals surface area (Å²) in [5, 5.41) is 1.65. The average molecular weight is 432 g/mol. The van der Waals surface area contributed by atoms with Gasteiger partial charge < -0.3 is 9.80 Å². The Labute approximate surface area is 173 Å². The van der Waals surface area contributed by atoms with Crippen molar-refractivity contribution in [1.29, 1.82) is 0 Å². The number of hydrogen-bond donors (Lipinski definition) is 1. The molecule has 0 bridgehead atoms. The van der Waals surface area contributed by atoms with Crippen molar-refractivity contribution in [2.45, 2.75) is 11.1 Å². The van der Waals surface area contributed by atoms with Gasteiger partial charge in [0, 0.05) is 37.3 Å². The second-order valence-corrected chi connectivity index (χ2v) is 9.74. The van der Waals surface area contributed by atoms with E-state index in [9.17, 15) is 18.0 Å². The number of ketones is 2. The molecule has 0 radical (unpaired) electrons. The summed E-state index contributed by atoms with van der Waals surface area (Å²) in [4.78, 5) is 30.6. The van der Waals surface area contributed by atoms with Crippen molar-refractivity contribution in [3.05, 3.63) is 64.3 Å². The van der Waals surface area contributed by atoms with Crippen LogP contribution in [0.5, 0.6) is 0 Å². The van der Waals surface area contributed by atoms with Crippen LogP contribution in [0.2, 0.25) is 0 Å². The highest BCUT2D eigenvalue weighted by Crippen LogP contribution is 2.29. The standard InChI is InChI=1S/C20H21N3O4S2/c1-2-22-9-11-23(12-10-22)18-17(21-29(26,27)16-8-5-13-28-16)19(24)14-6-3-4-7-15(14)20(18)25/h3-8,13,21H,2,9-12H2,1H3. The smallest absolute Gasteiger partial charge is 0.271 e. The molecule has 1 aliphatic heterocycles. The Morgan fingerprint density at radius 3 is 2.21 bits per heavy atom. The summed E-state index contributed by atoms with van der Waals surface area (Å²) in [5.74, 6) is -0.803. The largest absolute Gasteiger partial charge is 0.364 e. The number of hydrogen-bond acceptors (Lipinski definition) is 7. The van der Waals surface area contributed by atoms with E-state index in [1.165, 1.54) is 6.07 Å². The fourth-order valence-electron chi connectivity index (χ4n) is 3.65. The minimum absolute atomic E-state index is 0.0965. The van der Waals surface area contributed by atoms with Gasteiger partial charge in [-0.1, -0.05) is 37.3 Å². The zero-order chi connectivity index (χ0) is 20.6. The molecular weight excluding hydrogens is 410 g/mol. The first-order valence-corrected chi connectivity index (χ1v) is 11.7. The molecule has 0 spiro atoms. The molecule has 1 saturated heterocycles. The fourth-order valence-corrected chi connectivity index (χ4v) is 5.71. The number of nitrogens with zero attached hydrogens (tertiary/aromatic N) is 2. The van der Waals surface area contributed by atoms with Crippen LogP contribution in [-0.2, 0) is 10.0 Å². The molecule has 0 saturated carbocycles. The molecule has 1 fully saturated rings. The maximum Gasteiger partial charge on any atom is 0.271 e. The van der Waals surface area contributed by atoms with E-state index in [4.69, 9.17) is 0 Å². The molecule has 2 aromatic rings. The number of Topliss-reactive ketones (excluding diaryl/α,β-unsaturated/α-hetero) is 2. The van der Waals surface area contributed by atoms with Gasteiger partial charge in [-0.25, -0.2) is 8.42 Å². The number of thiophene rings is 1. The molecular formula is C20H21N3O4S2. The lowest BCUT2D eigenvalue weighted by Crippen LogP contribution is -2.49. The third kappa shape index (κ3) is 3.61. The monoisotopic (exact) mass is 431 g/mol. The normalized spacial score (nSPS) is 18.2. The first-order valence-electron chi connectivity index (χ1n) is 9.38. The molecule has 29 heavy (non-hydrogen) atoms. The highest BCUT2D eigenvalue weighted by Gasteiger charge is 2.38. The summed E-state index contributed by atoms with van der Waals surface area (Å²) in [7, 11) is -3.96. The van der Waals surface area contributed by atoms with Crippen LogP contribution in [0.25, 0.3) is 0 Å². The number of carbonyl (C=O) groups excluding carboxylic acids is 2. The van der Waals surface area contributed by atoms with Gasteiger partial charge in [-0.15, -0.1) is 11.3 Å². The fraction of sp³-hybridized carbons (Fsp3) is 0.300. The van der Waals surface area contributed by atoms with Crippen molar-refractivity contribution in [3.63, 3.8) is 0 Å². The van der Waals surface area contributed by atoms with E-state index >= 15 is 0 Å². The molecule has 9 heteroatoms. The lowest BCUT2D eigenvalue weighted by atomic mass is 9.90. The molecule has 1 aromatic carbocycles. The van der Waals surface area contributed by atoms with E-state index in [0.29, 0.717) is 18.7 Å². The Balaban J connectivity index is 1.79. The summed E-state index contributed by atoms with van der Waals surface area (Å²) in [6.07, 6.45) is 0. The van der Waals surface area contributed by atoms with Crippen molar-refractivity contribution in [3.8, 4) is 0 Å². The third-order valence-electron chi connectivity index (χ3n) is 5.23. The quantitative estimate of drug-likeness (QED) is 0.779. The van der Waals surface area contributed by atoms with E-state index in [1.54, 1.807) is 35.7 Å². The van der Waals surface area contributed by atoms with E-state index in [-0.39, 0.29) is 26.9 Å². The zero-order valence-electron chi connectivity index (χ0n) is 15.9. The molecule has 0 unspecified atom stereocenters. The Morgan fingerprint density at radius 2 is 1.62 bits per heavy atom. The number of piperazine rings is 1. The van der Waals surface area contributed by atoms with Crippen LogP contribution >= 0.6 is 11.3 Å². The van der Waals surface area contributed by atoms with Crippen molar-refractivity contribution in [2.24, 2.45) is 0 Å². The summed E-state index contributed by atoms with van der Waals surface area (Å²) < 4.78 is 28.2. The van der Waals surface area contributed by atoms with Gasteiger partial charge in [-0.2, -0.15) is 0 Å². The molecule has 1 aliphatic carbocycles. The van der Waals surface area contributed by atoms with Crippen molar-refractivity contribution in [1.82, 2.24) is 14.5 Å². The molecule has 0 amide bonds. The van der Waals surface area contributed by atoms with Gasteiger partial charge >= 0.3 is 0 Å². The highest BCUT2D eigenvalue weighted by molar-refractivity contribution is 7.91. The average Bonchev–Trinajstić information content (AvgIpc) is 3.28. The highest BCUT2D eigenvalue weighted by atomic mass is 32.2. The molecule has 1 aromatic heterocycles. The van der Waals surface area contributed by atoms with Crippen LogP contribution in [0.3, 0.4) is 0 Å². The number of benzene rings is 1. The number of carbonyl (C=O) groups is 2. The van der Waals surface area contributed by atoms with E-state index in [2.05, 4.69) is 16.5 Å². The van der Waals surface area contributed by atoms with E-state index in [0.717, 1.165) is 31.0 Å². The van der Waals surface area contributed by atoms with Crippen LogP contribution in [0.4, 0.5) is 0 Å². The van der Waals surface area contributed by atoms with Crippen molar-refractivity contribution >= 4 is 32.9 Å². The zero-order valence-corrected chi connectivity index (χ0v) is 17.6. The van der Waals surface area contributed by atoms with Gasteiger partial charge in [0.2, 0.25) is 11.6 Å². The summed E-state index contributed by atoms with van der Waals surface area (Å²) in [6.45, 7) is 5.56. The lowest BCUT2D eigenvalue weighted by molar-refractivity contribution is 0.0905. The van der Waals surface area contributed by atoms with Crippen LogP contribution < -0.4 is 4.72 Å². The topological polar surface area (TPSA) is 86.8 Å². The Bertz CT molecular complexity index is 1080. The van der Waals surface area contributed by atoms with Crippen molar-refractivity contribution in [2.75, 3.05) is 32.7 Å². The maximum atomic E-state index is 13.3. The first kappa shape index (κ1) is 19.8. The number of fused-ring (bicyclic) bond motifs is 1. The van der Waals surface area contributed by atoms with Gasteiger partial charge in [0.25, 0.3) is 10.0 Å². The molecule has 4 rings (SSSR count). The second-order valence-electron chi connectivity index (χ2n) is 6.89. The van der Waals surface area contributed by atoms with Crippen LogP contribution in [0, 0.1) is 0 Å². The molecule has 0 atom stereocenters. The summed E-state index contributed by atoms with van der Waals surface area (Å²) in [5.41, 5.74) is 0.512. The third-order valence-corrected chi connectivity index (χ3v) is 7.97. The number of likely N-dealkylation sites (N-methyl/N-ethyl adjacent to an activating group) is 1. The molecule has 2 aliphatic rings. The number of allylic oxidation sites excluding steroid dienone is 2. The maximum absolute atomic E-state index is 13.3. The molecule has 152 valence electrons. The predicted molar refractivity (Wildman–Crippen MR) is 110 cm³/mol.